The molecule has 14 heavy (non-hydrogen) atoms. The molecular weight excluding hydrogens is 180 g/mol. The Bertz CT molecular complexity index is 419. The third-order valence-corrected chi connectivity index (χ3v) is 2.05. The predicted octanol–water partition coefficient (Wildman–Crippen LogP) is 1.02. The minimum absolute atomic E-state index is 0.0298. The van der Waals surface area contributed by atoms with Crippen molar-refractivity contribution in [2.24, 2.45) is 5.73 Å². The number of carboxylic acids is 1. The fourth-order valence-corrected chi connectivity index (χ4v) is 1.24. The van der Waals surface area contributed by atoms with Gasteiger partial charge in [-0.1, -0.05) is 0 Å². The lowest BCUT2D eigenvalue weighted by Gasteiger charge is -2.05. The Morgan fingerprint density at radius 3 is 2.71 bits per heavy atom. The van der Waals surface area contributed by atoms with Crippen molar-refractivity contribution in [3.8, 4) is 6.07 Å². The van der Waals surface area contributed by atoms with Crippen LogP contribution in [0.4, 0.5) is 0 Å². The Hall–Kier alpha value is -1.86. The van der Waals surface area contributed by atoms with E-state index in [9.17, 15) is 4.79 Å². The first-order chi connectivity index (χ1) is 6.60. The fourth-order valence-electron chi connectivity index (χ4n) is 1.24. The molecule has 4 heteroatoms. The molecule has 0 bridgehead atoms. The van der Waals surface area contributed by atoms with E-state index in [1.54, 1.807) is 6.92 Å². The number of nitrogens with zero attached hydrogens (tertiary/aromatic N) is 1. The molecule has 0 aliphatic heterocycles. The van der Waals surface area contributed by atoms with E-state index >= 15 is 0 Å². The quantitative estimate of drug-likeness (QED) is 0.728. The van der Waals surface area contributed by atoms with Crippen LogP contribution >= 0.6 is 0 Å². The highest BCUT2D eigenvalue weighted by molar-refractivity contribution is 5.91. The number of nitriles is 1. The molecule has 1 rings (SSSR count). The number of carboxylic acid groups (broad SMARTS) is 1. The van der Waals surface area contributed by atoms with E-state index in [1.165, 1.54) is 12.1 Å². The highest BCUT2D eigenvalue weighted by atomic mass is 16.4. The second kappa shape index (κ2) is 3.90. The van der Waals surface area contributed by atoms with E-state index in [1.807, 2.05) is 6.07 Å². The summed E-state index contributed by atoms with van der Waals surface area (Å²) in [5, 5.41) is 17.5. The molecule has 0 unspecified atom stereocenters. The number of rotatable bonds is 2. The van der Waals surface area contributed by atoms with E-state index in [-0.39, 0.29) is 11.1 Å². The summed E-state index contributed by atoms with van der Waals surface area (Å²) in [4.78, 5) is 10.8. The maximum Gasteiger partial charge on any atom is 0.337 e. The van der Waals surface area contributed by atoms with Crippen molar-refractivity contribution in [1.29, 1.82) is 5.26 Å². The van der Waals surface area contributed by atoms with Gasteiger partial charge >= 0.3 is 5.97 Å². The first-order valence-electron chi connectivity index (χ1n) is 4.07. The molecule has 0 aliphatic carbocycles. The summed E-state index contributed by atoms with van der Waals surface area (Å²) in [6.07, 6.45) is 0. The van der Waals surface area contributed by atoms with Gasteiger partial charge in [0.15, 0.2) is 0 Å². The highest BCUT2D eigenvalue weighted by Crippen LogP contribution is 2.15. The Morgan fingerprint density at radius 1 is 1.64 bits per heavy atom. The van der Waals surface area contributed by atoms with E-state index in [0.717, 1.165) is 11.1 Å². The van der Waals surface area contributed by atoms with Crippen molar-refractivity contribution in [3.05, 3.63) is 34.4 Å². The van der Waals surface area contributed by atoms with Crippen LogP contribution in [0.15, 0.2) is 12.1 Å². The number of hydrogen-bond acceptors (Lipinski definition) is 3. The number of carbonyl (C=O) groups is 1. The molecule has 3 N–H and O–H groups in total. The summed E-state index contributed by atoms with van der Waals surface area (Å²) in [5.41, 5.74) is 7.22. The van der Waals surface area contributed by atoms with E-state index in [4.69, 9.17) is 16.1 Å². The summed E-state index contributed by atoms with van der Waals surface area (Å²) in [7, 11) is 0. The Morgan fingerprint density at radius 2 is 2.29 bits per heavy atom. The average molecular weight is 190 g/mol. The Balaban J connectivity index is 3.41. The van der Waals surface area contributed by atoms with Crippen molar-refractivity contribution in [2.75, 3.05) is 0 Å². The Labute approximate surface area is 81.6 Å². The zero-order chi connectivity index (χ0) is 10.7. The maximum atomic E-state index is 10.8. The first kappa shape index (κ1) is 10.2. The van der Waals surface area contributed by atoms with Gasteiger partial charge in [-0.2, -0.15) is 5.26 Å². The third kappa shape index (κ3) is 1.73. The number of hydrogen-bond donors (Lipinski definition) is 2. The fraction of sp³-hybridized carbons (Fsp3) is 0.200. The lowest BCUT2D eigenvalue weighted by molar-refractivity contribution is 0.0696. The predicted molar refractivity (Wildman–Crippen MR) is 50.7 cm³/mol. The molecule has 0 saturated carbocycles. The Kier molecular flexibility index (Phi) is 2.85. The summed E-state index contributed by atoms with van der Waals surface area (Å²) in [6.45, 7) is 2.08. The monoisotopic (exact) mass is 190 g/mol. The van der Waals surface area contributed by atoms with Gasteiger partial charge in [-0.15, -0.1) is 0 Å². The molecular formula is C10H10N2O2. The number of aryl methyl sites for hydroxylation is 1. The molecule has 0 aromatic heterocycles. The average Bonchev–Trinajstić information content (AvgIpc) is 2.17. The third-order valence-electron chi connectivity index (χ3n) is 2.05. The first-order valence-corrected chi connectivity index (χ1v) is 4.07. The van der Waals surface area contributed by atoms with Gasteiger partial charge in [0.1, 0.15) is 6.07 Å². The largest absolute Gasteiger partial charge is 0.478 e. The second-order valence-corrected chi connectivity index (χ2v) is 2.95. The zero-order valence-electron chi connectivity index (χ0n) is 7.74. The van der Waals surface area contributed by atoms with Gasteiger partial charge in [0.05, 0.1) is 11.1 Å². The van der Waals surface area contributed by atoms with E-state index < -0.39 is 5.97 Å². The van der Waals surface area contributed by atoms with Crippen LogP contribution in [0.5, 0.6) is 0 Å². The van der Waals surface area contributed by atoms with Crippen molar-refractivity contribution in [3.63, 3.8) is 0 Å². The van der Waals surface area contributed by atoms with Crippen molar-refractivity contribution >= 4 is 5.97 Å². The molecule has 0 amide bonds. The van der Waals surface area contributed by atoms with Crippen LogP contribution in [-0.2, 0) is 6.54 Å². The molecule has 0 radical (unpaired) electrons. The van der Waals surface area contributed by atoms with Crippen molar-refractivity contribution in [1.82, 2.24) is 0 Å². The number of aromatic carboxylic acids is 1. The number of benzene rings is 1. The summed E-state index contributed by atoms with van der Waals surface area (Å²) in [6, 6.07) is 4.84. The standard InChI is InChI=1S/C10H10N2O2/c1-6-2-9(10(13)14)8(5-12)3-7(6)4-11/h2-3H,4,11H2,1H3,(H,13,14). The zero-order valence-corrected chi connectivity index (χ0v) is 7.74. The summed E-state index contributed by atoms with van der Waals surface area (Å²) in [5.74, 6) is -1.09. The van der Waals surface area contributed by atoms with E-state index in [2.05, 4.69) is 0 Å². The van der Waals surface area contributed by atoms with Gasteiger partial charge in [-0.05, 0) is 30.2 Å². The summed E-state index contributed by atoms with van der Waals surface area (Å²) >= 11 is 0. The maximum absolute atomic E-state index is 10.8. The molecule has 0 aliphatic rings. The normalized spacial score (nSPS) is 9.50. The van der Waals surface area contributed by atoms with Crippen LogP contribution in [0.25, 0.3) is 0 Å². The molecule has 0 fully saturated rings. The lowest BCUT2D eigenvalue weighted by atomic mass is 10.00. The van der Waals surface area contributed by atoms with Crippen molar-refractivity contribution < 1.29 is 9.90 Å². The lowest BCUT2D eigenvalue weighted by Crippen LogP contribution is -2.05. The minimum Gasteiger partial charge on any atom is -0.478 e. The SMILES string of the molecule is Cc1cc(C(=O)O)c(C#N)cc1CN. The van der Waals surface area contributed by atoms with E-state index in [0.29, 0.717) is 6.54 Å². The van der Waals surface area contributed by atoms with Gasteiger partial charge in [0, 0.05) is 6.54 Å². The summed E-state index contributed by atoms with van der Waals surface area (Å²) < 4.78 is 0. The van der Waals surface area contributed by atoms with Crippen LogP contribution in [0, 0.1) is 18.3 Å². The minimum atomic E-state index is -1.09. The van der Waals surface area contributed by atoms with Crippen LogP contribution in [0.1, 0.15) is 27.0 Å². The van der Waals surface area contributed by atoms with Gasteiger partial charge in [-0.3, -0.25) is 0 Å². The van der Waals surface area contributed by atoms with Crippen LogP contribution in [0.3, 0.4) is 0 Å². The van der Waals surface area contributed by atoms with Crippen molar-refractivity contribution in [2.45, 2.75) is 13.5 Å². The topological polar surface area (TPSA) is 87.1 Å². The van der Waals surface area contributed by atoms with Crippen LogP contribution < -0.4 is 5.73 Å². The van der Waals surface area contributed by atoms with Gasteiger partial charge in [0.25, 0.3) is 0 Å². The van der Waals surface area contributed by atoms with Crippen LogP contribution in [-0.4, -0.2) is 11.1 Å². The second-order valence-electron chi connectivity index (χ2n) is 2.95. The van der Waals surface area contributed by atoms with Crippen LogP contribution in [0.2, 0.25) is 0 Å². The number of nitrogens with two attached hydrogens (primary N) is 1. The highest BCUT2D eigenvalue weighted by Gasteiger charge is 2.11. The molecule has 0 atom stereocenters. The van der Waals surface area contributed by atoms with Gasteiger partial charge in [-0.25, -0.2) is 4.79 Å². The molecule has 0 spiro atoms. The molecule has 1 aromatic carbocycles. The van der Waals surface area contributed by atoms with Gasteiger partial charge in [0.2, 0.25) is 0 Å². The van der Waals surface area contributed by atoms with Gasteiger partial charge < -0.3 is 10.8 Å². The molecule has 4 nitrogen and oxygen atoms in total. The molecule has 72 valence electrons. The molecule has 1 aromatic rings. The molecule has 0 heterocycles. The smallest absolute Gasteiger partial charge is 0.337 e. The molecule has 0 saturated heterocycles.